The lowest BCUT2D eigenvalue weighted by Gasteiger charge is -2.21. The zero-order valence-electron chi connectivity index (χ0n) is 25.2. The maximum absolute atomic E-state index is 12.4. The fourth-order valence-electron chi connectivity index (χ4n) is 4.03. The molecule has 0 fully saturated rings. The van der Waals surface area contributed by atoms with Crippen LogP contribution >= 0.6 is 0 Å². The molecule has 0 aromatic rings. The van der Waals surface area contributed by atoms with E-state index in [9.17, 15) is 22.9 Å². The quantitative estimate of drug-likeness (QED) is 0.0545. The van der Waals surface area contributed by atoms with Gasteiger partial charge in [0.1, 0.15) is 0 Å². The SMILES string of the molecule is CCC/C=C/CC/C=C/CC/C=C/C(O)C(CS(=O)(=O)O)NC(=O)CCCCCCC/C=C\C/C=C\CCCC. The zero-order chi connectivity index (χ0) is 29.7. The molecule has 1 amide bonds. The number of unbranched alkanes of at least 4 members (excludes halogenated alkanes) is 10. The summed E-state index contributed by atoms with van der Waals surface area (Å²) in [5.74, 6) is -1.04. The van der Waals surface area contributed by atoms with E-state index >= 15 is 0 Å². The third-order valence-electron chi connectivity index (χ3n) is 6.38. The molecule has 40 heavy (non-hydrogen) atoms. The van der Waals surface area contributed by atoms with Gasteiger partial charge in [0.05, 0.1) is 17.9 Å². The standard InChI is InChI=1S/C33H57NO5S/c1-3-5-7-9-11-13-15-16-17-19-21-23-25-27-29-33(36)34-31(30-40(37,38)39)32(35)28-26-24-22-20-18-14-12-10-8-6-4-2/h8-11,15-16,18,20,26,28,31-32,35H,3-7,12-14,17,19,21-25,27,29-30H2,1-2H3,(H,34,36)(H,37,38,39)/b10-8+,11-9-,16-15-,20-18+,28-26+. The molecule has 0 rings (SSSR count). The maximum Gasteiger partial charge on any atom is 0.267 e. The second-order valence-corrected chi connectivity index (χ2v) is 11.9. The summed E-state index contributed by atoms with van der Waals surface area (Å²) in [5.41, 5.74) is 0. The smallest absolute Gasteiger partial charge is 0.267 e. The molecule has 0 spiro atoms. The van der Waals surface area contributed by atoms with Crippen molar-refractivity contribution < 1.29 is 22.9 Å². The number of amides is 1. The van der Waals surface area contributed by atoms with Gasteiger partial charge in [-0.3, -0.25) is 9.35 Å². The first-order chi connectivity index (χ1) is 19.3. The number of carbonyl (C=O) groups excluding carboxylic acids is 1. The second-order valence-electron chi connectivity index (χ2n) is 10.4. The average molecular weight is 580 g/mol. The average Bonchev–Trinajstić information content (AvgIpc) is 2.90. The Morgan fingerprint density at radius 3 is 1.80 bits per heavy atom. The summed E-state index contributed by atoms with van der Waals surface area (Å²) >= 11 is 0. The third-order valence-corrected chi connectivity index (χ3v) is 7.16. The number of hydrogen-bond acceptors (Lipinski definition) is 4. The predicted molar refractivity (Wildman–Crippen MR) is 170 cm³/mol. The fourth-order valence-corrected chi connectivity index (χ4v) is 4.77. The minimum atomic E-state index is -4.35. The van der Waals surface area contributed by atoms with E-state index < -0.39 is 28.0 Å². The largest absolute Gasteiger partial charge is 0.387 e. The van der Waals surface area contributed by atoms with Crippen LogP contribution in [0.2, 0.25) is 0 Å². The van der Waals surface area contributed by atoms with Gasteiger partial charge in [0, 0.05) is 6.42 Å². The van der Waals surface area contributed by atoms with Gasteiger partial charge < -0.3 is 10.4 Å². The highest BCUT2D eigenvalue weighted by molar-refractivity contribution is 7.85. The molecule has 6 nitrogen and oxygen atoms in total. The molecule has 0 aromatic heterocycles. The summed E-state index contributed by atoms with van der Waals surface area (Å²) < 4.78 is 32.1. The van der Waals surface area contributed by atoms with Gasteiger partial charge in [0.25, 0.3) is 10.1 Å². The van der Waals surface area contributed by atoms with Gasteiger partial charge >= 0.3 is 0 Å². The highest BCUT2D eigenvalue weighted by atomic mass is 32.2. The number of carbonyl (C=O) groups is 1. The monoisotopic (exact) mass is 579 g/mol. The molecule has 0 saturated heterocycles. The van der Waals surface area contributed by atoms with Gasteiger partial charge in [-0.25, -0.2) is 0 Å². The molecule has 0 radical (unpaired) electrons. The molecule has 0 saturated carbocycles. The number of allylic oxidation sites excluding steroid dienone is 9. The lowest BCUT2D eigenvalue weighted by atomic mass is 10.1. The van der Waals surface area contributed by atoms with Crippen LogP contribution in [0.5, 0.6) is 0 Å². The Morgan fingerprint density at radius 2 is 1.20 bits per heavy atom. The highest BCUT2D eigenvalue weighted by Crippen LogP contribution is 2.09. The fraction of sp³-hybridized carbons (Fsp3) is 0.667. The zero-order valence-corrected chi connectivity index (χ0v) is 26.0. The summed E-state index contributed by atoms with van der Waals surface area (Å²) in [6.45, 7) is 4.36. The van der Waals surface area contributed by atoms with Crippen molar-refractivity contribution >= 4 is 16.0 Å². The first-order valence-corrected chi connectivity index (χ1v) is 17.1. The van der Waals surface area contributed by atoms with E-state index in [-0.39, 0.29) is 12.3 Å². The van der Waals surface area contributed by atoms with Gasteiger partial charge in [-0.15, -0.1) is 0 Å². The molecule has 0 aromatic carbocycles. The summed E-state index contributed by atoms with van der Waals surface area (Å²) in [5, 5.41) is 13.0. The number of rotatable bonds is 26. The number of aliphatic hydroxyl groups excluding tert-OH is 1. The van der Waals surface area contributed by atoms with Crippen LogP contribution in [0.15, 0.2) is 60.8 Å². The number of nitrogens with one attached hydrogen (secondary N) is 1. The van der Waals surface area contributed by atoms with Crippen LogP contribution in [0.4, 0.5) is 0 Å². The van der Waals surface area contributed by atoms with Gasteiger partial charge in [-0.05, 0) is 64.2 Å². The van der Waals surface area contributed by atoms with Gasteiger partial charge in [0.15, 0.2) is 0 Å². The van der Waals surface area contributed by atoms with Crippen molar-refractivity contribution in [3.63, 3.8) is 0 Å². The maximum atomic E-state index is 12.4. The van der Waals surface area contributed by atoms with E-state index in [2.05, 4.69) is 67.8 Å². The van der Waals surface area contributed by atoms with Crippen LogP contribution in [0.1, 0.15) is 123 Å². The lowest BCUT2D eigenvalue weighted by Crippen LogP contribution is -2.46. The van der Waals surface area contributed by atoms with Crippen molar-refractivity contribution in [2.45, 2.75) is 135 Å². The van der Waals surface area contributed by atoms with Crippen molar-refractivity contribution in [2.24, 2.45) is 0 Å². The van der Waals surface area contributed by atoms with Crippen LogP contribution in [-0.4, -0.2) is 41.9 Å². The molecule has 0 bridgehead atoms. The third kappa shape index (κ3) is 27.6. The van der Waals surface area contributed by atoms with Crippen LogP contribution in [0.25, 0.3) is 0 Å². The lowest BCUT2D eigenvalue weighted by molar-refractivity contribution is -0.122. The first kappa shape index (κ1) is 38.0. The summed E-state index contributed by atoms with van der Waals surface area (Å²) in [4.78, 5) is 12.4. The molecule has 2 atom stereocenters. The topological polar surface area (TPSA) is 104 Å². The molecule has 0 heterocycles. The van der Waals surface area contributed by atoms with Crippen molar-refractivity contribution in [3.05, 3.63) is 60.8 Å². The molecule has 0 aliphatic carbocycles. The van der Waals surface area contributed by atoms with Crippen molar-refractivity contribution in [1.29, 1.82) is 0 Å². The van der Waals surface area contributed by atoms with Crippen LogP contribution in [0, 0.1) is 0 Å². The highest BCUT2D eigenvalue weighted by Gasteiger charge is 2.24. The summed E-state index contributed by atoms with van der Waals surface area (Å²) in [6, 6.07) is -1.09. The predicted octanol–water partition coefficient (Wildman–Crippen LogP) is 8.17. The Bertz CT molecular complexity index is 858. The van der Waals surface area contributed by atoms with Crippen molar-refractivity contribution in [2.75, 3.05) is 5.75 Å². The molecule has 2 unspecified atom stereocenters. The molecule has 0 aliphatic rings. The van der Waals surface area contributed by atoms with Crippen LogP contribution in [-0.2, 0) is 14.9 Å². The van der Waals surface area contributed by atoms with E-state index in [0.717, 1.165) is 77.0 Å². The number of hydrogen-bond donors (Lipinski definition) is 3. The number of aliphatic hydroxyl groups is 1. The van der Waals surface area contributed by atoms with E-state index in [1.54, 1.807) is 6.08 Å². The molecule has 230 valence electrons. The van der Waals surface area contributed by atoms with E-state index in [1.807, 2.05) is 0 Å². The minimum absolute atomic E-state index is 0.265. The Balaban J connectivity index is 4.19. The first-order valence-electron chi connectivity index (χ1n) is 15.5. The van der Waals surface area contributed by atoms with Crippen LogP contribution in [0.3, 0.4) is 0 Å². The summed E-state index contributed by atoms with van der Waals surface area (Å²) in [7, 11) is -4.35. The minimum Gasteiger partial charge on any atom is -0.387 e. The van der Waals surface area contributed by atoms with Gasteiger partial charge in [-0.2, -0.15) is 8.42 Å². The Kier molecular flexibility index (Phi) is 25.9. The molecule has 3 N–H and O–H groups in total. The van der Waals surface area contributed by atoms with Crippen molar-refractivity contribution in [3.8, 4) is 0 Å². The molecule has 7 heteroatoms. The second kappa shape index (κ2) is 27.2. The molecular weight excluding hydrogens is 522 g/mol. The van der Waals surface area contributed by atoms with E-state index in [1.165, 1.54) is 18.9 Å². The molecule has 0 aliphatic heterocycles. The van der Waals surface area contributed by atoms with Crippen LogP contribution < -0.4 is 5.32 Å². The van der Waals surface area contributed by atoms with Gasteiger partial charge in [0.2, 0.25) is 5.91 Å². The van der Waals surface area contributed by atoms with Gasteiger partial charge in [-0.1, -0.05) is 113 Å². The Hall–Kier alpha value is -1.96. The van der Waals surface area contributed by atoms with E-state index in [0.29, 0.717) is 12.8 Å². The Morgan fingerprint density at radius 1 is 0.675 bits per heavy atom. The normalized spacial score (nSPS) is 14.4. The van der Waals surface area contributed by atoms with E-state index in [4.69, 9.17) is 0 Å². The van der Waals surface area contributed by atoms with Crippen molar-refractivity contribution in [1.82, 2.24) is 5.32 Å². The summed E-state index contributed by atoms with van der Waals surface area (Å²) in [6.07, 6.45) is 36.3. The Labute approximate surface area is 245 Å². The molecular formula is C33H57NO5S.